The summed E-state index contributed by atoms with van der Waals surface area (Å²) in [5.74, 6) is -0.214. The molecule has 1 atom stereocenters. The molecule has 1 unspecified atom stereocenters. The molecule has 6 nitrogen and oxygen atoms in total. The van der Waals surface area contributed by atoms with Crippen LogP contribution < -0.4 is 14.8 Å². The Hall–Kier alpha value is -3.02. The Labute approximate surface area is 146 Å². The molecule has 2 rings (SSSR count). The van der Waals surface area contributed by atoms with Gasteiger partial charge in [-0.3, -0.25) is 9.59 Å². The first-order chi connectivity index (χ1) is 12.0. The zero-order valence-electron chi connectivity index (χ0n) is 14.2. The fourth-order valence-corrected chi connectivity index (χ4v) is 2.55. The molecule has 0 saturated carbocycles. The van der Waals surface area contributed by atoms with E-state index in [0.717, 1.165) is 5.56 Å². The van der Waals surface area contributed by atoms with Crippen molar-refractivity contribution in [2.24, 2.45) is 0 Å². The van der Waals surface area contributed by atoms with E-state index in [9.17, 15) is 14.7 Å². The van der Waals surface area contributed by atoms with E-state index in [0.29, 0.717) is 17.1 Å². The van der Waals surface area contributed by atoms with Gasteiger partial charge in [-0.25, -0.2) is 0 Å². The van der Waals surface area contributed by atoms with E-state index in [-0.39, 0.29) is 18.7 Å². The lowest BCUT2D eigenvalue weighted by Gasteiger charge is -2.20. The maximum absolute atomic E-state index is 12.3. The summed E-state index contributed by atoms with van der Waals surface area (Å²) in [7, 11) is 3.02. The molecule has 6 heteroatoms. The summed E-state index contributed by atoms with van der Waals surface area (Å²) in [6.07, 6.45) is -0.0708. The second-order valence-electron chi connectivity index (χ2n) is 5.49. The first kappa shape index (κ1) is 18.3. The van der Waals surface area contributed by atoms with Gasteiger partial charge in [0.1, 0.15) is 11.5 Å². The molecule has 0 aromatic heterocycles. The number of methoxy groups -OCH3 is 2. The molecule has 0 saturated heterocycles. The van der Waals surface area contributed by atoms with Gasteiger partial charge < -0.3 is 19.9 Å². The second-order valence-corrected chi connectivity index (χ2v) is 5.49. The molecule has 0 heterocycles. The Morgan fingerprint density at radius 1 is 1.08 bits per heavy atom. The van der Waals surface area contributed by atoms with Crippen LogP contribution in [-0.2, 0) is 16.0 Å². The minimum atomic E-state index is -1.01. The molecule has 0 aliphatic rings. The number of carboxylic acids is 1. The Morgan fingerprint density at radius 3 is 2.40 bits per heavy atom. The smallest absolute Gasteiger partial charge is 0.305 e. The van der Waals surface area contributed by atoms with Crippen LogP contribution in [0.5, 0.6) is 11.5 Å². The predicted octanol–water partition coefficient (Wildman–Crippen LogP) is 2.58. The Kier molecular flexibility index (Phi) is 6.39. The highest BCUT2D eigenvalue weighted by Crippen LogP contribution is 2.31. The highest BCUT2D eigenvalue weighted by molar-refractivity contribution is 5.80. The van der Waals surface area contributed by atoms with E-state index in [1.54, 1.807) is 18.2 Å². The Balaban J connectivity index is 2.21. The summed E-state index contributed by atoms with van der Waals surface area (Å²) in [4.78, 5) is 23.6. The molecular formula is C19H21NO5. The maximum Gasteiger partial charge on any atom is 0.305 e. The summed E-state index contributed by atoms with van der Waals surface area (Å²) in [6, 6.07) is 13.6. The molecule has 0 aliphatic carbocycles. The molecule has 132 valence electrons. The molecule has 0 spiro atoms. The number of amides is 1. The zero-order chi connectivity index (χ0) is 18.2. The van der Waals surface area contributed by atoms with E-state index in [1.807, 2.05) is 30.3 Å². The number of hydrogen-bond donors (Lipinski definition) is 2. The number of carbonyl (C=O) groups is 2. The van der Waals surface area contributed by atoms with Crippen molar-refractivity contribution in [2.75, 3.05) is 14.2 Å². The summed E-state index contributed by atoms with van der Waals surface area (Å²) < 4.78 is 10.5. The summed E-state index contributed by atoms with van der Waals surface area (Å²) in [6.45, 7) is 0. The van der Waals surface area contributed by atoms with Crippen LogP contribution in [0.2, 0.25) is 0 Å². The third-order valence-electron chi connectivity index (χ3n) is 3.74. The van der Waals surface area contributed by atoms with Crippen molar-refractivity contribution < 1.29 is 24.2 Å². The fourth-order valence-electron chi connectivity index (χ4n) is 2.55. The monoisotopic (exact) mass is 343 g/mol. The van der Waals surface area contributed by atoms with E-state index in [4.69, 9.17) is 9.47 Å². The predicted molar refractivity (Wildman–Crippen MR) is 92.8 cm³/mol. The normalized spacial score (nSPS) is 11.4. The summed E-state index contributed by atoms with van der Waals surface area (Å²) in [5.41, 5.74) is 1.45. The molecule has 0 bridgehead atoms. The van der Waals surface area contributed by atoms with Crippen LogP contribution in [0.4, 0.5) is 0 Å². The van der Waals surface area contributed by atoms with Crippen molar-refractivity contribution in [3.63, 3.8) is 0 Å². The van der Waals surface area contributed by atoms with Gasteiger partial charge in [0.2, 0.25) is 5.91 Å². The van der Waals surface area contributed by atoms with Crippen molar-refractivity contribution >= 4 is 11.9 Å². The second kappa shape index (κ2) is 8.73. The average Bonchev–Trinajstić information content (AvgIpc) is 2.61. The van der Waals surface area contributed by atoms with E-state index < -0.39 is 12.0 Å². The van der Waals surface area contributed by atoms with Gasteiger partial charge in [0.25, 0.3) is 0 Å². The molecule has 2 aromatic carbocycles. The van der Waals surface area contributed by atoms with Gasteiger partial charge >= 0.3 is 5.97 Å². The van der Waals surface area contributed by atoms with Crippen LogP contribution in [0.3, 0.4) is 0 Å². The van der Waals surface area contributed by atoms with Crippen LogP contribution >= 0.6 is 0 Å². The SMILES string of the molecule is COc1ccc(C(CC(=O)O)NC(=O)Cc2ccccc2)c(OC)c1. The van der Waals surface area contributed by atoms with Gasteiger partial charge in [-0.1, -0.05) is 30.3 Å². The van der Waals surface area contributed by atoms with Crippen LogP contribution in [0, 0.1) is 0 Å². The Bertz CT molecular complexity index is 730. The highest BCUT2D eigenvalue weighted by atomic mass is 16.5. The number of nitrogens with one attached hydrogen (secondary N) is 1. The van der Waals surface area contributed by atoms with Gasteiger partial charge in [0.15, 0.2) is 0 Å². The van der Waals surface area contributed by atoms with Crippen molar-refractivity contribution in [3.8, 4) is 11.5 Å². The van der Waals surface area contributed by atoms with Crippen molar-refractivity contribution in [3.05, 3.63) is 59.7 Å². The van der Waals surface area contributed by atoms with E-state index in [2.05, 4.69) is 5.32 Å². The number of hydrogen-bond acceptors (Lipinski definition) is 4. The zero-order valence-corrected chi connectivity index (χ0v) is 14.2. The van der Waals surface area contributed by atoms with Crippen LogP contribution in [0.15, 0.2) is 48.5 Å². The largest absolute Gasteiger partial charge is 0.497 e. The van der Waals surface area contributed by atoms with Gasteiger partial charge in [0, 0.05) is 11.6 Å². The lowest BCUT2D eigenvalue weighted by molar-refractivity contribution is -0.137. The molecule has 1 amide bonds. The topological polar surface area (TPSA) is 84.9 Å². The van der Waals surface area contributed by atoms with Gasteiger partial charge in [0.05, 0.1) is 33.1 Å². The van der Waals surface area contributed by atoms with Gasteiger partial charge in [-0.15, -0.1) is 0 Å². The summed E-state index contributed by atoms with van der Waals surface area (Å²) in [5, 5.41) is 12.0. The maximum atomic E-state index is 12.3. The third kappa shape index (κ3) is 5.24. The molecule has 0 fully saturated rings. The number of rotatable bonds is 8. The average molecular weight is 343 g/mol. The third-order valence-corrected chi connectivity index (χ3v) is 3.74. The number of carbonyl (C=O) groups excluding carboxylic acids is 1. The lowest BCUT2D eigenvalue weighted by atomic mass is 10.0. The Morgan fingerprint density at radius 2 is 1.80 bits per heavy atom. The minimum absolute atomic E-state index is 0.176. The quantitative estimate of drug-likeness (QED) is 0.769. The van der Waals surface area contributed by atoms with Crippen LogP contribution in [-0.4, -0.2) is 31.2 Å². The molecular weight excluding hydrogens is 322 g/mol. The summed E-state index contributed by atoms with van der Waals surface area (Å²) >= 11 is 0. The number of carboxylic acid groups (broad SMARTS) is 1. The highest BCUT2D eigenvalue weighted by Gasteiger charge is 2.22. The number of aliphatic carboxylic acids is 1. The standard InChI is InChI=1S/C19H21NO5/c1-24-14-8-9-15(17(11-14)25-2)16(12-19(22)23)20-18(21)10-13-6-4-3-5-7-13/h3-9,11,16H,10,12H2,1-2H3,(H,20,21)(H,22,23). The van der Waals surface area contributed by atoms with Crippen molar-refractivity contribution in [2.45, 2.75) is 18.9 Å². The van der Waals surface area contributed by atoms with Crippen molar-refractivity contribution in [1.82, 2.24) is 5.32 Å². The fraction of sp³-hybridized carbons (Fsp3) is 0.263. The van der Waals surface area contributed by atoms with Crippen LogP contribution in [0.25, 0.3) is 0 Å². The molecule has 2 aromatic rings. The van der Waals surface area contributed by atoms with E-state index >= 15 is 0 Å². The minimum Gasteiger partial charge on any atom is -0.497 e. The lowest BCUT2D eigenvalue weighted by Crippen LogP contribution is -2.31. The van der Waals surface area contributed by atoms with Gasteiger partial charge in [-0.2, -0.15) is 0 Å². The first-order valence-corrected chi connectivity index (χ1v) is 7.80. The molecule has 2 N–H and O–H groups in total. The van der Waals surface area contributed by atoms with Gasteiger partial charge in [-0.05, 0) is 17.7 Å². The number of ether oxygens (including phenoxy) is 2. The van der Waals surface area contributed by atoms with Crippen LogP contribution in [0.1, 0.15) is 23.6 Å². The van der Waals surface area contributed by atoms with E-state index in [1.165, 1.54) is 14.2 Å². The molecule has 25 heavy (non-hydrogen) atoms. The molecule has 0 aliphatic heterocycles. The van der Waals surface area contributed by atoms with Crippen molar-refractivity contribution in [1.29, 1.82) is 0 Å². The first-order valence-electron chi connectivity index (χ1n) is 7.80. The number of benzene rings is 2. The molecule has 0 radical (unpaired) electrons.